The highest BCUT2D eigenvalue weighted by Gasteiger charge is 2.12. The lowest BCUT2D eigenvalue weighted by Crippen LogP contribution is -2.35. The Morgan fingerprint density at radius 3 is 3.00 bits per heavy atom. The summed E-state index contributed by atoms with van der Waals surface area (Å²) in [6.45, 7) is 3.44. The van der Waals surface area contributed by atoms with E-state index in [-0.39, 0.29) is 0 Å². The van der Waals surface area contributed by atoms with Crippen molar-refractivity contribution < 1.29 is 9.53 Å². The molecule has 1 aliphatic heterocycles. The first-order chi connectivity index (χ1) is 7.90. The number of anilines is 1. The number of carbonyl (C=O) groups is 1. The largest absolute Gasteiger partial charge is 0.378 e. The minimum Gasteiger partial charge on any atom is -0.378 e. The van der Waals surface area contributed by atoms with Crippen LogP contribution in [-0.4, -0.2) is 38.9 Å². The van der Waals surface area contributed by atoms with Crippen molar-refractivity contribution in [1.29, 1.82) is 0 Å². The van der Waals surface area contributed by atoms with Crippen molar-refractivity contribution in [3.63, 3.8) is 0 Å². The maximum absolute atomic E-state index is 10.0. The number of nitrogens with zero attached hydrogens (tertiary/aromatic N) is 2. The van der Waals surface area contributed by atoms with Gasteiger partial charge in [0.15, 0.2) is 0 Å². The number of hydrazone groups is 1. The SMILES string of the molecule is O=CNN=Cc1ccc(N2CCOCC2)s1. The second kappa shape index (κ2) is 5.62. The summed E-state index contributed by atoms with van der Waals surface area (Å²) in [5, 5.41) is 4.96. The quantitative estimate of drug-likeness (QED) is 0.477. The Morgan fingerprint density at radius 1 is 1.44 bits per heavy atom. The molecule has 16 heavy (non-hydrogen) atoms. The van der Waals surface area contributed by atoms with E-state index in [4.69, 9.17) is 4.74 Å². The Labute approximate surface area is 97.7 Å². The summed E-state index contributed by atoms with van der Waals surface area (Å²) >= 11 is 1.65. The molecule has 0 unspecified atom stereocenters. The van der Waals surface area contributed by atoms with E-state index in [1.54, 1.807) is 17.6 Å². The Balaban J connectivity index is 1.98. The van der Waals surface area contributed by atoms with Gasteiger partial charge in [-0.2, -0.15) is 5.10 Å². The van der Waals surface area contributed by atoms with Gasteiger partial charge in [-0.15, -0.1) is 11.3 Å². The van der Waals surface area contributed by atoms with E-state index in [1.807, 2.05) is 6.07 Å². The second-order valence-corrected chi connectivity index (χ2v) is 4.37. The lowest BCUT2D eigenvalue weighted by Gasteiger charge is -2.27. The molecule has 0 radical (unpaired) electrons. The molecule has 0 aliphatic carbocycles. The number of hydrogen-bond donors (Lipinski definition) is 1. The van der Waals surface area contributed by atoms with Gasteiger partial charge >= 0.3 is 0 Å². The zero-order valence-corrected chi connectivity index (χ0v) is 9.57. The fourth-order valence-corrected chi connectivity index (χ4v) is 2.43. The predicted molar refractivity (Wildman–Crippen MR) is 64.1 cm³/mol. The molecule has 1 aromatic heterocycles. The van der Waals surface area contributed by atoms with Crippen molar-refractivity contribution in [2.75, 3.05) is 31.2 Å². The molecule has 1 amide bonds. The summed E-state index contributed by atoms with van der Waals surface area (Å²) in [6.07, 6.45) is 2.19. The molecule has 86 valence electrons. The highest BCUT2D eigenvalue weighted by atomic mass is 32.1. The zero-order chi connectivity index (χ0) is 11.2. The molecular weight excluding hydrogens is 226 g/mol. The van der Waals surface area contributed by atoms with Crippen LogP contribution in [-0.2, 0) is 9.53 Å². The van der Waals surface area contributed by atoms with Gasteiger partial charge in [-0.05, 0) is 12.1 Å². The summed E-state index contributed by atoms with van der Waals surface area (Å²) in [6, 6.07) is 4.06. The number of ether oxygens (including phenoxy) is 1. The van der Waals surface area contributed by atoms with Crippen molar-refractivity contribution in [2.45, 2.75) is 0 Å². The lowest BCUT2D eigenvalue weighted by atomic mass is 10.4. The van der Waals surface area contributed by atoms with E-state index in [1.165, 1.54) is 5.00 Å². The standard InChI is InChI=1S/C10H13N3O2S/c14-8-12-11-7-9-1-2-10(16-9)13-3-5-15-6-4-13/h1-2,7-8H,3-6H2,(H,12,14). The molecule has 5 nitrogen and oxygen atoms in total. The average Bonchev–Trinajstić information content (AvgIpc) is 2.79. The Morgan fingerprint density at radius 2 is 2.25 bits per heavy atom. The number of rotatable bonds is 4. The van der Waals surface area contributed by atoms with Crippen LogP contribution in [0.4, 0.5) is 5.00 Å². The van der Waals surface area contributed by atoms with E-state index >= 15 is 0 Å². The van der Waals surface area contributed by atoms with Gasteiger partial charge in [0.05, 0.1) is 24.4 Å². The molecule has 1 saturated heterocycles. The van der Waals surface area contributed by atoms with Gasteiger partial charge in [0.2, 0.25) is 6.41 Å². The fraction of sp³-hybridized carbons (Fsp3) is 0.400. The molecule has 2 rings (SSSR count). The van der Waals surface area contributed by atoms with E-state index in [0.29, 0.717) is 6.41 Å². The molecule has 1 aliphatic rings. The molecule has 6 heteroatoms. The Bertz CT molecular complexity index is 372. The number of morpholine rings is 1. The van der Waals surface area contributed by atoms with E-state index in [9.17, 15) is 4.79 Å². The van der Waals surface area contributed by atoms with Crippen molar-refractivity contribution in [1.82, 2.24) is 5.43 Å². The third kappa shape index (κ3) is 2.80. The normalized spacial score (nSPS) is 16.6. The van der Waals surface area contributed by atoms with Gasteiger partial charge in [-0.3, -0.25) is 4.79 Å². The molecule has 2 heterocycles. The van der Waals surface area contributed by atoms with Crippen LogP contribution in [0.15, 0.2) is 17.2 Å². The van der Waals surface area contributed by atoms with Crippen molar-refractivity contribution >= 4 is 29.0 Å². The number of nitrogens with one attached hydrogen (secondary N) is 1. The first-order valence-corrected chi connectivity index (χ1v) is 5.86. The Hall–Kier alpha value is -1.40. The maximum Gasteiger partial charge on any atom is 0.227 e. The first kappa shape index (κ1) is 11.1. The minimum atomic E-state index is 0.549. The van der Waals surface area contributed by atoms with Crippen LogP contribution in [0.3, 0.4) is 0 Å². The fourth-order valence-electron chi connectivity index (χ4n) is 1.50. The van der Waals surface area contributed by atoms with Crippen LogP contribution in [0.5, 0.6) is 0 Å². The van der Waals surface area contributed by atoms with Gasteiger partial charge in [0.25, 0.3) is 0 Å². The lowest BCUT2D eigenvalue weighted by molar-refractivity contribution is -0.109. The van der Waals surface area contributed by atoms with E-state index in [2.05, 4.69) is 21.5 Å². The van der Waals surface area contributed by atoms with Crippen molar-refractivity contribution in [2.24, 2.45) is 5.10 Å². The van der Waals surface area contributed by atoms with Gasteiger partial charge in [-0.1, -0.05) is 0 Å². The van der Waals surface area contributed by atoms with Crippen molar-refractivity contribution in [3.05, 3.63) is 17.0 Å². The van der Waals surface area contributed by atoms with Gasteiger partial charge in [-0.25, -0.2) is 5.43 Å². The molecule has 1 fully saturated rings. The minimum absolute atomic E-state index is 0.549. The number of hydrogen-bond acceptors (Lipinski definition) is 5. The van der Waals surface area contributed by atoms with Gasteiger partial charge in [0, 0.05) is 18.0 Å². The molecule has 0 atom stereocenters. The molecular formula is C10H13N3O2S. The third-order valence-electron chi connectivity index (χ3n) is 2.25. The summed E-state index contributed by atoms with van der Waals surface area (Å²) in [5.74, 6) is 0. The predicted octanol–water partition coefficient (Wildman–Crippen LogP) is 0.665. The maximum atomic E-state index is 10.0. The molecule has 1 aromatic rings. The Kier molecular flexibility index (Phi) is 3.90. The van der Waals surface area contributed by atoms with Crippen LogP contribution in [0.1, 0.15) is 4.88 Å². The smallest absolute Gasteiger partial charge is 0.227 e. The highest BCUT2D eigenvalue weighted by Crippen LogP contribution is 2.25. The van der Waals surface area contributed by atoms with Crippen LogP contribution < -0.4 is 10.3 Å². The molecule has 0 saturated carbocycles. The highest BCUT2D eigenvalue weighted by molar-refractivity contribution is 7.17. The van der Waals surface area contributed by atoms with Crippen LogP contribution in [0, 0.1) is 0 Å². The number of carbonyl (C=O) groups excluding carboxylic acids is 1. The number of thiophene rings is 1. The topological polar surface area (TPSA) is 53.9 Å². The summed E-state index contributed by atoms with van der Waals surface area (Å²) < 4.78 is 5.30. The van der Waals surface area contributed by atoms with Gasteiger partial charge in [0.1, 0.15) is 0 Å². The summed E-state index contributed by atoms with van der Waals surface area (Å²) in [7, 11) is 0. The monoisotopic (exact) mass is 239 g/mol. The number of amides is 1. The second-order valence-electron chi connectivity index (χ2n) is 3.28. The van der Waals surface area contributed by atoms with E-state index < -0.39 is 0 Å². The molecule has 1 N–H and O–H groups in total. The first-order valence-electron chi connectivity index (χ1n) is 5.05. The average molecular weight is 239 g/mol. The summed E-state index contributed by atoms with van der Waals surface area (Å²) in [5.41, 5.74) is 2.25. The summed E-state index contributed by atoms with van der Waals surface area (Å²) in [4.78, 5) is 13.3. The molecule has 0 spiro atoms. The van der Waals surface area contributed by atoms with Crippen molar-refractivity contribution in [3.8, 4) is 0 Å². The zero-order valence-electron chi connectivity index (χ0n) is 8.76. The van der Waals surface area contributed by atoms with Gasteiger partial charge < -0.3 is 9.64 Å². The van der Waals surface area contributed by atoms with E-state index in [0.717, 1.165) is 31.2 Å². The van der Waals surface area contributed by atoms with Crippen LogP contribution >= 0.6 is 11.3 Å². The molecule has 0 bridgehead atoms. The van der Waals surface area contributed by atoms with Crippen LogP contribution in [0.25, 0.3) is 0 Å². The van der Waals surface area contributed by atoms with Crippen LogP contribution in [0.2, 0.25) is 0 Å². The third-order valence-corrected chi connectivity index (χ3v) is 3.33. The molecule has 0 aromatic carbocycles.